The number of carbonyl (C=O) groups is 1. The van der Waals surface area contributed by atoms with Gasteiger partial charge in [0.15, 0.2) is 0 Å². The fraction of sp³-hybridized carbons (Fsp3) is 0.118. The van der Waals surface area contributed by atoms with Crippen LogP contribution in [0.15, 0.2) is 53.7 Å². The molecule has 0 aliphatic rings. The van der Waals surface area contributed by atoms with Crippen molar-refractivity contribution in [3.05, 3.63) is 65.2 Å². The van der Waals surface area contributed by atoms with E-state index in [9.17, 15) is 17.6 Å². The molecule has 0 saturated heterocycles. The molecular weight excluding hydrogens is 409 g/mol. The second-order valence-corrected chi connectivity index (χ2v) is 7.88. The molecule has 11 heteroatoms. The van der Waals surface area contributed by atoms with Crippen molar-refractivity contribution in [1.29, 1.82) is 0 Å². The Balaban J connectivity index is 1.88. The van der Waals surface area contributed by atoms with Crippen LogP contribution in [0.2, 0.25) is 5.02 Å². The molecule has 3 aromatic rings. The maximum absolute atomic E-state index is 14.4. The van der Waals surface area contributed by atoms with Gasteiger partial charge in [0, 0.05) is 13.0 Å². The smallest absolute Gasteiger partial charge is 0.267 e. The Kier molecular flexibility index (Phi) is 5.61. The van der Waals surface area contributed by atoms with Crippen molar-refractivity contribution in [3.63, 3.8) is 0 Å². The average molecular weight is 424 g/mol. The van der Waals surface area contributed by atoms with E-state index < -0.39 is 26.6 Å². The molecular formula is C17H15ClFN5O3S. The third-order valence-electron chi connectivity index (χ3n) is 3.66. The lowest BCUT2D eigenvalue weighted by molar-refractivity contribution is -0.114. The molecule has 1 amide bonds. The van der Waals surface area contributed by atoms with Gasteiger partial charge in [-0.25, -0.2) is 17.5 Å². The summed E-state index contributed by atoms with van der Waals surface area (Å²) < 4.78 is 43.3. The van der Waals surface area contributed by atoms with Crippen LogP contribution < -0.4 is 10.0 Å². The van der Waals surface area contributed by atoms with E-state index in [2.05, 4.69) is 20.2 Å². The molecule has 0 unspecified atom stereocenters. The minimum Gasteiger partial charge on any atom is -0.325 e. The molecule has 0 aliphatic heterocycles. The molecule has 1 heterocycles. The number of nitrogens with one attached hydrogen (secondary N) is 2. The van der Waals surface area contributed by atoms with Crippen LogP contribution >= 0.6 is 11.6 Å². The largest absolute Gasteiger partial charge is 0.325 e. The number of sulfonamides is 1. The van der Waals surface area contributed by atoms with E-state index >= 15 is 0 Å². The van der Waals surface area contributed by atoms with E-state index in [-0.39, 0.29) is 16.7 Å². The Labute approximate surface area is 165 Å². The number of rotatable bonds is 6. The summed E-state index contributed by atoms with van der Waals surface area (Å²) >= 11 is 5.97. The van der Waals surface area contributed by atoms with Gasteiger partial charge in [0.1, 0.15) is 17.0 Å². The number of hydrogen-bond acceptors (Lipinski definition) is 5. The molecule has 0 spiro atoms. The number of amides is 1. The Morgan fingerprint density at radius 3 is 2.64 bits per heavy atom. The normalized spacial score (nSPS) is 11.2. The minimum atomic E-state index is -4.34. The summed E-state index contributed by atoms with van der Waals surface area (Å²) in [5.41, 5.74) is 0.870. The first-order valence-corrected chi connectivity index (χ1v) is 9.83. The maximum Gasteiger partial charge on any atom is 0.267 e. The number of hydrogen-bond donors (Lipinski definition) is 2. The molecule has 1 aromatic heterocycles. The summed E-state index contributed by atoms with van der Waals surface area (Å²) in [4.78, 5) is 10.4. The standard InChI is InChI=1S/C17H15ClFN5O3S/c1-11(25)21-15-8-14(19)16(7-13(15)18)28(26,27)23-17-22-20-10-24(17)9-12-5-3-2-4-6-12/h2-8,10H,9H2,1H3,(H,21,25)(H,22,23). The quantitative estimate of drug-likeness (QED) is 0.634. The zero-order valence-corrected chi connectivity index (χ0v) is 16.1. The minimum absolute atomic E-state index is 0.0298. The Bertz CT molecular complexity index is 1120. The highest BCUT2D eigenvalue weighted by Gasteiger charge is 2.24. The molecule has 0 bridgehead atoms. The van der Waals surface area contributed by atoms with E-state index in [0.29, 0.717) is 6.54 Å². The van der Waals surface area contributed by atoms with Crippen molar-refractivity contribution in [2.75, 3.05) is 10.0 Å². The van der Waals surface area contributed by atoms with Crippen LogP contribution in [0.1, 0.15) is 12.5 Å². The third kappa shape index (κ3) is 4.46. The lowest BCUT2D eigenvalue weighted by Gasteiger charge is -2.12. The van der Waals surface area contributed by atoms with Gasteiger partial charge in [-0.3, -0.25) is 9.36 Å². The molecule has 2 aromatic carbocycles. The number of anilines is 2. The second kappa shape index (κ2) is 7.95. The van der Waals surface area contributed by atoms with Crippen molar-refractivity contribution in [3.8, 4) is 0 Å². The third-order valence-corrected chi connectivity index (χ3v) is 5.31. The lowest BCUT2D eigenvalue weighted by atomic mass is 10.2. The zero-order valence-electron chi connectivity index (χ0n) is 14.6. The highest BCUT2D eigenvalue weighted by molar-refractivity contribution is 7.92. The van der Waals surface area contributed by atoms with E-state index in [4.69, 9.17) is 11.6 Å². The van der Waals surface area contributed by atoms with Gasteiger partial charge in [0.2, 0.25) is 11.9 Å². The fourth-order valence-electron chi connectivity index (χ4n) is 2.42. The van der Waals surface area contributed by atoms with Crippen molar-refractivity contribution >= 4 is 39.2 Å². The maximum atomic E-state index is 14.4. The topological polar surface area (TPSA) is 106 Å². The lowest BCUT2D eigenvalue weighted by Crippen LogP contribution is -2.18. The van der Waals surface area contributed by atoms with E-state index in [0.717, 1.165) is 17.7 Å². The molecule has 0 radical (unpaired) electrons. The van der Waals surface area contributed by atoms with Gasteiger partial charge in [-0.2, -0.15) is 0 Å². The molecule has 2 N–H and O–H groups in total. The van der Waals surface area contributed by atoms with Crippen molar-refractivity contribution in [2.45, 2.75) is 18.4 Å². The Morgan fingerprint density at radius 1 is 1.25 bits per heavy atom. The highest BCUT2D eigenvalue weighted by Crippen LogP contribution is 2.29. The van der Waals surface area contributed by atoms with Gasteiger partial charge >= 0.3 is 0 Å². The Morgan fingerprint density at radius 2 is 1.96 bits per heavy atom. The molecule has 0 atom stereocenters. The molecule has 3 rings (SSSR count). The predicted octanol–water partition coefficient (Wildman–Crippen LogP) is 2.88. The molecule has 0 fully saturated rings. The first-order valence-electron chi connectivity index (χ1n) is 7.97. The Hall–Kier alpha value is -2.98. The number of nitrogens with zero attached hydrogens (tertiary/aromatic N) is 3. The van der Waals surface area contributed by atoms with Crippen LogP contribution in [0.5, 0.6) is 0 Å². The molecule has 0 aliphatic carbocycles. The summed E-state index contributed by atoms with van der Waals surface area (Å²) in [5.74, 6) is -1.62. The van der Waals surface area contributed by atoms with Crippen molar-refractivity contribution in [2.24, 2.45) is 0 Å². The SMILES string of the molecule is CC(=O)Nc1cc(F)c(S(=O)(=O)Nc2nncn2Cc2ccccc2)cc1Cl. The zero-order chi connectivity index (χ0) is 20.3. The first kappa shape index (κ1) is 19.8. The van der Waals surface area contributed by atoms with Gasteiger partial charge in [0.25, 0.3) is 10.0 Å². The summed E-state index contributed by atoms with van der Waals surface area (Å²) in [6.45, 7) is 1.54. The first-order chi connectivity index (χ1) is 13.3. The van der Waals surface area contributed by atoms with Crippen LogP contribution in [0, 0.1) is 5.82 Å². The van der Waals surface area contributed by atoms with Gasteiger partial charge < -0.3 is 5.32 Å². The second-order valence-electron chi connectivity index (χ2n) is 5.82. The monoisotopic (exact) mass is 423 g/mol. The predicted molar refractivity (Wildman–Crippen MR) is 102 cm³/mol. The van der Waals surface area contributed by atoms with E-state index in [1.807, 2.05) is 30.3 Å². The average Bonchev–Trinajstić information content (AvgIpc) is 3.04. The van der Waals surface area contributed by atoms with Gasteiger partial charge in [0.05, 0.1) is 17.3 Å². The van der Waals surface area contributed by atoms with Crippen LogP contribution in [0.25, 0.3) is 0 Å². The number of halogens is 2. The molecule has 28 heavy (non-hydrogen) atoms. The summed E-state index contributed by atoms with van der Waals surface area (Å²) in [5, 5.41) is 9.64. The number of benzene rings is 2. The van der Waals surface area contributed by atoms with Crippen molar-refractivity contribution in [1.82, 2.24) is 14.8 Å². The number of aromatic nitrogens is 3. The van der Waals surface area contributed by atoms with Crippen LogP contribution in [0.4, 0.5) is 16.0 Å². The van der Waals surface area contributed by atoms with Gasteiger partial charge in [-0.15, -0.1) is 10.2 Å². The molecule has 146 valence electrons. The number of carbonyl (C=O) groups excluding carboxylic acids is 1. The molecule has 8 nitrogen and oxygen atoms in total. The highest BCUT2D eigenvalue weighted by atomic mass is 35.5. The van der Waals surface area contributed by atoms with Gasteiger partial charge in [-0.1, -0.05) is 41.9 Å². The fourth-order valence-corrected chi connectivity index (χ4v) is 3.80. The summed E-state index contributed by atoms with van der Waals surface area (Å²) in [6.07, 6.45) is 1.36. The van der Waals surface area contributed by atoms with E-state index in [1.54, 1.807) is 0 Å². The van der Waals surface area contributed by atoms with Crippen LogP contribution in [-0.2, 0) is 21.4 Å². The van der Waals surface area contributed by atoms with Crippen molar-refractivity contribution < 1.29 is 17.6 Å². The van der Waals surface area contributed by atoms with Crippen LogP contribution in [-0.4, -0.2) is 29.1 Å². The summed E-state index contributed by atoms with van der Waals surface area (Å²) in [6, 6.07) is 11.0. The van der Waals surface area contributed by atoms with Gasteiger partial charge in [-0.05, 0) is 11.6 Å². The van der Waals surface area contributed by atoms with Crippen LogP contribution in [0.3, 0.4) is 0 Å². The molecule has 0 saturated carbocycles. The van der Waals surface area contributed by atoms with E-state index in [1.165, 1.54) is 17.8 Å². The summed E-state index contributed by atoms with van der Waals surface area (Å²) in [7, 11) is -4.34.